The molecule has 1 heterocycles. The summed E-state index contributed by atoms with van der Waals surface area (Å²) in [5.74, 6) is 0.520. The summed E-state index contributed by atoms with van der Waals surface area (Å²) in [6, 6.07) is 14.8. The number of carbonyl (C=O) groups excluding carboxylic acids is 2. The maximum Gasteiger partial charge on any atom is 0.257 e. The van der Waals surface area contributed by atoms with Crippen LogP contribution in [0.2, 0.25) is 0 Å². The molecule has 1 aliphatic rings. The van der Waals surface area contributed by atoms with Gasteiger partial charge >= 0.3 is 0 Å². The van der Waals surface area contributed by atoms with Crippen LogP contribution in [-0.2, 0) is 4.79 Å². The van der Waals surface area contributed by atoms with E-state index < -0.39 is 0 Å². The van der Waals surface area contributed by atoms with Crippen LogP contribution in [0.25, 0.3) is 0 Å². The number of thiocarbonyl (C=S) groups is 1. The van der Waals surface area contributed by atoms with Gasteiger partial charge in [0.15, 0.2) is 5.11 Å². The third-order valence-corrected chi connectivity index (χ3v) is 5.27. The predicted octanol–water partition coefficient (Wildman–Crippen LogP) is 3.27. The van der Waals surface area contributed by atoms with Gasteiger partial charge in [-0.3, -0.25) is 14.9 Å². The van der Waals surface area contributed by atoms with Crippen molar-refractivity contribution in [2.75, 3.05) is 43.0 Å². The average Bonchev–Trinajstić information content (AvgIpc) is 2.79. The molecule has 1 fully saturated rings. The number of anilines is 2. The number of hydrogen-bond acceptors (Lipinski definition) is 5. The van der Waals surface area contributed by atoms with Gasteiger partial charge in [-0.1, -0.05) is 25.1 Å². The minimum absolute atomic E-state index is 0.184. The first-order valence-corrected chi connectivity index (χ1v) is 10.9. The summed E-state index contributed by atoms with van der Waals surface area (Å²) in [5, 5.41) is 6.09. The van der Waals surface area contributed by atoms with Crippen molar-refractivity contribution in [3.05, 3.63) is 54.1 Å². The van der Waals surface area contributed by atoms with E-state index in [-0.39, 0.29) is 16.9 Å². The Morgan fingerprint density at radius 2 is 1.77 bits per heavy atom. The highest BCUT2D eigenvalue weighted by molar-refractivity contribution is 7.80. The second kappa shape index (κ2) is 10.8. The van der Waals surface area contributed by atoms with Crippen LogP contribution in [0, 0.1) is 0 Å². The first-order valence-electron chi connectivity index (χ1n) is 10.5. The van der Waals surface area contributed by atoms with Crippen molar-refractivity contribution in [2.24, 2.45) is 0 Å². The smallest absolute Gasteiger partial charge is 0.257 e. The number of carbonyl (C=O) groups is 2. The monoisotopic (exact) mass is 440 g/mol. The molecule has 7 nitrogen and oxygen atoms in total. The summed E-state index contributed by atoms with van der Waals surface area (Å²) in [6.07, 6.45) is 0.527. The van der Waals surface area contributed by atoms with Crippen LogP contribution in [0.4, 0.5) is 11.4 Å². The van der Waals surface area contributed by atoms with Crippen molar-refractivity contribution >= 4 is 40.5 Å². The van der Waals surface area contributed by atoms with Crippen molar-refractivity contribution < 1.29 is 14.3 Å². The van der Waals surface area contributed by atoms with Crippen molar-refractivity contribution in [3.63, 3.8) is 0 Å². The third-order valence-electron chi connectivity index (χ3n) is 5.06. The van der Waals surface area contributed by atoms with Crippen LogP contribution in [0.5, 0.6) is 5.75 Å². The molecule has 1 saturated heterocycles. The molecule has 3 rings (SSSR count). The minimum Gasteiger partial charge on any atom is -0.494 e. The minimum atomic E-state index is -0.303. The Kier molecular flexibility index (Phi) is 7.83. The molecule has 1 aliphatic heterocycles. The second-order valence-corrected chi connectivity index (χ2v) is 7.52. The Bertz CT molecular complexity index is 942. The van der Waals surface area contributed by atoms with E-state index in [9.17, 15) is 9.59 Å². The van der Waals surface area contributed by atoms with Crippen LogP contribution >= 0.6 is 12.2 Å². The number of para-hydroxylation sites is 2. The van der Waals surface area contributed by atoms with Gasteiger partial charge in [-0.15, -0.1) is 0 Å². The zero-order valence-electron chi connectivity index (χ0n) is 17.9. The van der Waals surface area contributed by atoms with E-state index in [1.54, 1.807) is 24.3 Å². The number of benzene rings is 2. The molecule has 0 bridgehead atoms. The number of nitrogens with zero attached hydrogens (tertiary/aromatic N) is 2. The fraction of sp³-hybridized carbons (Fsp3) is 0.348. The molecular formula is C23H28N4O3S. The molecule has 2 N–H and O–H groups in total. The van der Waals surface area contributed by atoms with Crippen LogP contribution in [0.15, 0.2) is 48.5 Å². The molecule has 0 unspecified atom stereocenters. The van der Waals surface area contributed by atoms with E-state index in [4.69, 9.17) is 17.0 Å². The van der Waals surface area contributed by atoms with Gasteiger partial charge in [0, 0.05) is 38.2 Å². The topological polar surface area (TPSA) is 73.9 Å². The highest BCUT2D eigenvalue weighted by atomic mass is 32.1. The van der Waals surface area contributed by atoms with E-state index in [1.807, 2.05) is 43.0 Å². The molecule has 0 aliphatic carbocycles. The van der Waals surface area contributed by atoms with E-state index >= 15 is 0 Å². The number of hydrogen-bond donors (Lipinski definition) is 2. The van der Waals surface area contributed by atoms with Gasteiger partial charge in [0.1, 0.15) is 5.75 Å². The highest BCUT2D eigenvalue weighted by Crippen LogP contribution is 2.26. The van der Waals surface area contributed by atoms with Gasteiger partial charge in [-0.25, -0.2) is 0 Å². The molecule has 2 aromatic carbocycles. The molecule has 31 heavy (non-hydrogen) atoms. The number of ether oxygens (including phenoxy) is 1. The Morgan fingerprint density at radius 3 is 2.48 bits per heavy atom. The summed E-state index contributed by atoms with van der Waals surface area (Å²) in [6.45, 7) is 7.18. The fourth-order valence-corrected chi connectivity index (χ4v) is 3.70. The molecule has 0 spiro atoms. The number of rotatable bonds is 6. The number of amides is 2. The fourth-order valence-electron chi connectivity index (χ4n) is 3.50. The lowest BCUT2D eigenvalue weighted by Gasteiger charge is -2.37. The molecule has 0 aromatic heterocycles. The first kappa shape index (κ1) is 22.6. The number of piperazine rings is 1. The Balaban J connectivity index is 1.63. The van der Waals surface area contributed by atoms with Gasteiger partial charge in [-0.2, -0.15) is 0 Å². The van der Waals surface area contributed by atoms with Crippen molar-refractivity contribution in [2.45, 2.75) is 20.3 Å². The zero-order chi connectivity index (χ0) is 22.2. The quantitative estimate of drug-likeness (QED) is 0.672. The molecule has 0 saturated carbocycles. The molecule has 2 amide bonds. The highest BCUT2D eigenvalue weighted by Gasteiger charge is 2.22. The summed E-state index contributed by atoms with van der Waals surface area (Å²) in [7, 11) is 0. The maximum atomic E-state index is 12.6. The normalized spacial score (nSPS) is 13.5. The molecule has 0 radical (unpaired) electrons. The lowest BCUT2D eigenvalue weighted by molar-refractivity contribution is -0.131. The molecule has 8 heteroatoms. The van der Waals surface area contributed by atoms with E-state index in [2.05, 4.69) is 15.5 Å². The van der Waals surface area contributed by atoms with Gasteiger partial charge in [-0.05, 0) is 49.5 Å². The maximum absolute atomic E-state index is 12.6. The van der Waals surface area contributed by atoms with E-state index in [0.29, 0.717) is 37.4 Å². The van der Waals surface area contributed by atoms with Crippen LogP contribution < -0.4 is 20.3 Å². The van der Waals surface area contributed by atoms with Crippen LogP contribution in [-0.4, -0.2) is 54.6 Å². The van der Waals surface area contributed by atoms with E-state index in [0.717, 1.165) is 24.5 Å². The van der Waals surface area contributed by atoms with Crippen molar-refractivity contribution in [1.82, 2.24) is 10.2 Å². The predicted molar refractivity (Wildman–Crippen MR) is 127 cm³/mol. The largest absolute Gasteiger partial charge is 0.494 e. The van der Waals surface area contributed by atoms with Crippen LogP contribution in [0.1, 0.15) is 30.6 Å². The van der Waals surface area contributed by atoms with Crippen LogP contribution in [0.3, 0.4) is 0 Å². The lowest BCUT2D eigenvalue weighted by Crippen LogP contribution is -2.48. The Hall–Kier alpha value is -3.13. The van der Waals surface area contributed by atoms with Crippen molar-refractivity contribution in [1.29, 1.82) is 0 Å². The molecule has 2 aromatic rings. The summed E-state index contributed by atoms with van der Waals surface area (Å²) >= 11 is 5.38. The van der Waals surface area contributed by atoms with Gasteiger partial charge in [0.25, 0.3) is 5.91 Å². The van der Waals surface area contributed by atoms with E-state index in [1.165, 1.54) is 0 Å². The van der Waals surface area contributed by atoms with Gasteiger partial charge in [0.2, 0.25) is 5.91 Å². The van der Waals surface area contributed by atoms with Gasteiger partial charge < -0.3 is 19.9 Å². The molecule has 0 atom stereocenters. The summed E-state index contributed by atoms with van der Waals surface area (Å²) < 4.78 is 5.45. The zero-order valence-corrected chi connectivity index (χ0v) is 18.7. The molecular weight excluding hydrogens is 412 g/mol. The standard InChI is InChI=1S/C23H28N4O3S/c1-3-21(28)27-14-12-26(13-15-27)20-11-6-5-10-19(20)24-23(31)25-22(29)17-8-7-9-18(16-17)30-4-2/h5-11,16H,3-4,12-15H2,1-2H3,(H2,24,25,29,31). The number of nitrogens with one attached hydrogen (secondary N) is 2. The first-order chi connectivity index (χ1) is 15.0. The Morgan fingerprint density at radius 1 is 1.03 bits per heavy atom. The third kappa shape index (κ3) is 5.95. The van der Waals surface area contributed by atoms with Gasteiger partial charge in [0.05, 0.1) is 18.0 Å². The van der Waals surface area contributed by atoms with Crippen molar-refractivity contribution in [3.8, 4) is 5.75 Å². The lowest BCUT2D eigenvalue weighted by atomic mass is 10.2. The average molecular weight is 441 g/mol. The second-order valence-electron chi connectivity index (χ2n) is 7.11. The Labute approximate surface area is 188 Å². The summed E-state index contributed by atoms with van der Waals surface area (Å²) in [4.78, 5) is 28.6. The summed E-state index contributed by atoms with van der Waals surface area (Å²) in [5.41, 5.74) is 2.27. The SMILES string of the molecule is CCOc1cccc(C(=O)NC(=S)Nc2ccccc2N2CCN(C(=O)CC)CC2)c1. The molecule has 164 valence electrons.